The summed E-state index contributed by atoms with van der Waals surface area (Å²) < 4.78 is 0. The highest BCUT2D eigenvalue weighted by Gasteiger charge is 2.11. The number of unbranched alkanes of at least 4 members (excludes halogenated alkanes) is 6. The Balaban J connectivity index is 1.88. The maximum Gasteiger partial charge on any atom is 0.0681 e. The molecule has 1 aromatic carbocycles. The number of nitrogens with two attached hydrogens (primary N) is 1. The molecule has 0 aromatic heterocycles. The van der Waals surface area contributed by atoms with E-state index in [0.717, 1.165) is 12.8 Å². The summed E-state index contributed by atoms with van der Waals surface area (Å²) in [6.07, 6.45) is 11.8. The molecule has 138 valence electrons. The molecule has 0 saturated heterocycles. The molecule has 1 aromatic rings. The van der Waals surface area contributed by atoms with Crippen LogP contribution in [-0.2, 0) is 6.42 Å². The first-order valence-electron chi connectivity index (χ1n) is 9.70. The van der Waals surface area contributed by atoms with Crippen molar-refractivity contribution in [3.63, 3.8) is 0 Å². The van der Waals surface area contributed by atoms with Crippen LogP contribution < -0.4 is 5.73 Å². The molecule has 3 N–H and O–H groups in total. The van der Waals surface area contributed by atoms with E-state index in [9.17, 15) is 5.11 Å². The molecule has 0 radical (unpaired) electrons. The summed E-state index contributed by atoms with van der Waals surface area (Å²) in [4.78, 5) is 2.01. The number of likely N-dealkylation sites (N-methyl/N-ethyl adjacent to an activating group) is 1. The number of aliphatic hydroxyl groups is 1. The van der Waals surface area contributed by atoms with Crippen molar-refractivity contribution in [3.05, 3.63) is 35.9 Å². The average Bonchev–Trinajstić information content (AvgIpc) is 2.53. The Kier molecular flexibility index (Phi) is 11.8. The fourth-order valence-corrected chi connectivity index (χ4v) is 3.23. The van der Waals surface area contributed by atoms with Crippen molar-refractivity contribution in [2.24, 2.45) is 5.73 Å². The predicted molar refractivity (Wildman–Crippen MR) is 104 cm³/mol. The van der Waals surface area contributed by atoms with Crippen LogP contribution in [-0.4, -0.2) is 42.8 Å². The highest BCUT2D eigenvalue weighted by Crippen LogP contribution is 2.13. The van der Waals surface area contributed by atoms with Gasteiger partial charge in [-0.25, -0.2) is 0 Å². The van der Waals surface area contributed by atoms with Gasteiger partial charge in [-0.2, -0.15) is 0 Å². The minimum atomic E-state index is -0.292. The number of nitrogens with zero attached hydrogens (tertiary/aromatic N) is 1. The second-order valence-corrected chi connectivity index (χ2v) is 7.41. The van der Waals surface area contributed by atoms with Crippen molar-refractivity contribution >= 4 is 0 Å². The number of benzene rings is 1. The van der Waals surface area contributed by atoms with Crippen molar-refractivity contribution in [3.8, 4) is 0 Å². The van der Waals surface area contributed by atoms with Gasteiger partial charge in [0.2, 0.25) is 0 Å². The third kappa shape index (κ3) is 11.6. The summed E-state index contributed by atoms with van der Waals surface area (Å²) in [6, 6.07) is 10.9. The Hall–Kier alpha value is -0.900. The first kappa shape index (κ1) is 21.1. The quantitative estimate of drug-likeness (QED) is 0.506. The maximum atomic E-state index is 9.87. The molecule has 0 aliphatic rings. The van der Waals surface area contributed by atoms with Crippen molar-refractivity contribution in [2.75, 3.05) is 20.6 Å². The summed E-state index contributed by atoms with van der Waals surface area (Å²) >= 11 is 0. The van der Waals surface area contributed by atoms with Crippen molar-refractivity contribution in [1.29, 1.82) is 0 Å². The van der Waals surface area contributed by atoms with E-state index in [4.69, 9.17) is 5.73 Å². The molecule has 0 amide bonds. The second-order valence-electron chi connectivity index (χ2n) is 7.41. The topological polar surface area (TPSA) is 49.5 Å². The maximum absolute atomic E-state index is 9.87. The van der Waals surface area contributed by atoms with Crippen LogP contribution in [0.15, 0.2) is 30.3 Å². The summed E-state index contributed by atoms with van der Waals surface area (Å²) in [5.41, 5.74) is 7.57. The van der Waals surface area contributed by atoms with Gasteiger partial charge in [0.25, 0.3) is 0 Å². The van der Waals surface area contributed by atoms with E-state index in [0.29, 0.717) is 6.54 Å². The van der Waals surface area contributed by atoms with Crippen LogP contribution in [0.1, 0.15) is 63.4 Å². The van der Waals surface area contributed by atoms with E-state index >= 15 is 0 Å². The van der Waals surface area contributed by atoms with Crippen molar-refractivity contribution < 1.29 is 5.11 Å². The Bertz CT molecular complexity index is 394. The molecule has 2 atom stereocenters. The zero-order valence-electron chi connectivity index (χ0n) is 15.8. The molecule has 0 spiro atoms. The molecule has 0 saturated carbocycles. The molecule has 0 aliphatic heterocycles. The number of aliphatic hydroxyl groups excluding tert-OH is 1. The molecule has 24 heavy (non-hydrogen) atoms. The van der Waals surface area contributed by atoms with Gasteiger partial charge in [0.1, 0.15) is 0 Å². The summed E-state index contributed by atoms with van der Waals surface area (Å²) in [5, 5.41) is 9.87. The number of hydrogen-bond donors (Lipinski definition) is 2. The van der Waals surface area contributed by atoms with Crippen LogP contribution >= 0.6 is 0 Å². The van der Waals surface area contributed by atoms with Gasteiger partial charge in [-0.15, -0.1) is 0 Å². The van der Waals surface area contributed by atoms with Crippen LogP contribution in [0.2, 0.25) is 0 Å². The van der Waals surface area contributed by atoms with Crippen molar-refractivity contribution in [1.82, 2.24) is 4.90 Å². The molecule has 2 unspecified atom stereocenters. The lowest BCUT2D eigenvalue weighted by Crippen LogP contribution is -2.32. The molecular formula is C21H38N2O. The number of rotatable bonds is 14. The second kappa shape index (κ2) is 13.4. The van der Waals surface area contributed by atoms with Crippen LogP contribution in [0.4, 0.5) is 0 Å². The van der Waals surface area contributed by atoms with Gasteiger partial charge in [-0.05, 0) is 45.3 Å². The zero-order chi connectivity index (χ0) is 17.6. The minimum Gasteiger partial charge on any atom is -0.392 e. The molecule has 3 nitrogen and oxygen atoms in total. The van der Waals surface area contributed by atoms with E-state index in [1.54, 1.807) is 0 Å². The predicted octanol–water partition coefficient (Wildman–Crippen LogP) is 3.99. The van der Waals surface area contributed by atoms with Gasteiger partial charge >= 0.3 is 0 Å². The standard InChI is InChI=1S/C21H38N2O/c1-23(2)18-21(24)17-20(22)16-12-7-5-3-4-6-9-13-19-14-10-8-11-15-19/h8,10-11,14-15,20-21,24H,3-7,9,12-13,16-18,22H2,1-2H3. The molecule has 0 aliphatic carbocycles. The largest absolute Gasteiger partial charge is 0.392 e. The molecule has 0 bridgehead atoms. The van der Waals surface area contributed by atoms with Crippen LogP contribution in [0.5, 0.6) is 0 Å². The molecular weight excluding hydrogens is 296 g/mol. The van der Waals surface area contributed by atoms with Gasteiger partial charge < -0.3 is 15.7 Å². The molecule has 3 heteroatoms. The van der Waals surface area contributed by atoms with E-state index in [1.807, 2.05) is 19.0 Å². The molecule has 1 rings (SSSR count). The van der Waals surface area contributed by atoms with Gasteiger partial charge in [0, 0.05) is 12.6 Å². The van der Waals surface area contributed by atoms with E-state index in [1.165, 1.54) is 56.9 Å². The highest BCUT2D eigenvalue weighted by molar-refractivity contribution is 5.14. The Morgan fingerprint density at radius 2 is 1.50 bits per heavy atom. The third-order valence-corrected chi connectivity index (χ3v) is 4.53. The van der Waals surface area contributed by atoms with E-state index in [-0.39, 0.29) is 12.1 Å². The van der Waals surface area contributed by atoms with Gasteiger partial charge in [0.05, 0.1) is 6.10 Å². The first-order valence-corrected chi connectivity index (χ1v) is 9.70. The van der Waals surface area contributed by atoms with Crippen LogP contribution in [0.25, 0.3) is 0 Å². The normalized spacial score (nSPS) is 14.0. The van der Waals surface area contributed by atoms with E-state index < -0.39 is 0 Å². The highest BCUT2D eigenvalue weighted by atomic mass is 16.3. The summed E-state index contributed by atoms with van der Waals surface area (Å²) in [7, 11) is 3.96. The lowest BCUT2D eigenvalue weighted by Gasteiger charge is -2.19. The summed E-state index contributed by atoms with van der Waals surface area (Å²) in [5.74, 6) is 0. The van der Waals surface area contributed by atoms with Crippen LogP contribution in [0.3, 0.4) is 0 Å². The zero-order valence-corrected chi connectivity index (χ0v) is 15.8. The van der Waals surface area contributed by atoms with E-state index in [2.05, 4.69) is 30.3 Å². The lowest BCUT2D eigenvalue weighted by molar-refractivity contribution is 0.119. The number of hydrogen-bond acceptors (Lipinski definition) is 3. The minimum absolute atomic E-state index is 0.144. The van der Waals surface area contributed by atoms with Gasteiger partial charge in [-0.3, -0.25) is 0 Å². The smallest absolute Gasteiger partial charge is 0.0681 e. The third-order valence-electron chi connectivity index (χ3n) is 4.53. The Morgan fingerprint density at radius 3 is 2.12 bits per heavy atom. The fourth-order valence-electron chi connectivity index (χ4n) is 3.23. The lowest BCUT2D eigenvalue weighted by atomic mass is 10.0. The molecule has 0 heterocycles. The van der Waals surface area contributed by atoms with Crippen LogP contribution in [0, 0.1) is 0 Å². The van der Waals surface area contributed by atoms with Crippen molar-refractivity contribution in [2.45, 2.75) is 76.4 Å². The fraction of sp³-hybridized carbons (Fsp3) is 0.714. The summed E-state index contributed by atoms with van der Waals surface area (Å²) in [6.45, 7) is 0.705. The number of aryl methyl sites for hydroxylation is 1. The Labute approximate surface area is 149 Å². The average molecular weight is 335 g/mol. The SMILES string of the molecule is CN(C)CC(O)CC(N)CCCCCCCCCc1ccccc1. The van der Waals surface area contributed by atoms with Gasteiger partial charge in [-0.1, -0.05) is 68.9 Å². The first-order chi connectivity index (χ1) is 11.6. The Morgan fingerprint density at radius 1 is 0.917 bits per heavy atom. The monoisotopic (exact) mass is 334 g/mol. The van der Waals surface area contributed by atoms with Gasteiger partial charge in [0.15, 0.2) is 0 Å². The molecule has 0 fully saturated rings.